The average Bonchev–Trinajstić information content (AvgIpc) is 3.14. The molecule has 0 saturated carbocycles. The van der Waals surface area contributed by atoms with Gasteiger partial charge < -0.3 is 15.2 Å². The van der Waals surface area contributed by atoms with Gasteiger partial charge in [0.2, 0.25) is 5.91 Å². The first kappa shape index (κ1) is 23.3. The molecule has 0 aliphatic heterocycles. The Morgan fingerprint density at radius 2 is 1.94 bits per heavy atom. The number of thioether (sulfide) groups is 1. The van der Waals surface area contributed by atoms with E-state index in [9.17, 15) is 9.59 Å². The lowest BCUT2D eigenvalue weighted by molar-refractivity contribution is -0.113. The van der Waals surface area contributed by atoms with Gasteiger partial charge in [0.25, 0.3) is 5.91 Å². The van der Waals surface area contributed by atoms with E-state index in [2.05, 4.69) is 43.4 Å². The highest BCUT2D eigenvalue weighted by atomic mass is 127. The third-order valence-electron chi connectivity index (χ3n) is 4.59. The van der Waals surface area contributed by atoms with Crippen LogP contribution in [0.5, 0.6) is 0 Å². The Labute approximate surface area is 199 Å². The summed E-state index contributed by atoms with van der Waals surface area (Å²) >= 11 is 3.57. The molecule has 162 valence electrons. The number of carbonyl (C=O) groups is 2. The van der Waals surface area contributed by atoms with E-state index in [4.69, 9.17) is 0 Å². The highest BCUT2D eigenvalue weighted by molar-refractivity contribution is 14.1. The van der Waals surface area contributed by atoms with Crippen molar-refractivity contribution in [3.63, 3.8) is 0 Å². The van der Waals surface area contributed by atoms with Gasteiger partial charge in [-0.3, -0.25) is 9.59 Å². The minimum Gasteiger partial charge on any atom is -0.345 e. The van der Waals surface area contributed by atoms with Crippen molar-refractivity contribution >= 4 is 51.9 Å². The number of benzene rings is 2. The fraction of sp³-hybridized carbons (Fsp3) is 0.273. The van der Waals surface area contributed by atoms with Crippen LogP contribution in [0, 0.1) is 17.4 Å². The molecule has 1 heterocycles. The van der Waals surface area contributed by atoms with Crippen molar-refractivity contribution in [1.82, 2.24) is 20.1 Å². The maximum Gasteiger partial charge on any atom is 0.251 e. The first-order chi connectivity index (χ1) is 14.9. The number of nitrogens with zero attached hydrogens (tertiary/aromatic N) is 3. The zero-order chi connectivity index (χ0) is 22.4. The molecule has 1 aromatic heterocycles. The van der Waals surface area contributed by atoms with Crippen LogP contribution in [0.2, 0.25) is 0 Å². The SMILES string of the molecule is CCn1c(CNC(=O)c2cccc(C)c2)nnc1SCC(=O)Nc1ccc(I)cc1C. The second-order valence-corrected chi connectivity index (χ2v) is 9.18. The molecule has 0 fully saturated rings. The number of carbonyl (C=O) groups excluding carboxylic acids is 2. The third-order valence-corrected chi connectivity index (χ3v) is 6.23. The number of aromatic nitrogens is 3. The fourth-order valence-corrected chi connectivity index (χ4v) is 4.47. The quantitative estimate of drug-likeness (QED) is 0.325. The number of halogens is 1. The van der Waals surface area contributed by atoms with E-state index in [0.717, 1.165) is 20.4 Å². The molecule has 7 nitrogen and oxygen atoms in total. The van der Waals surface area contributed by atoms with Crippen molar-refractivity contribution in [3.8, 4) is 0 Å². The Morgan fingerprint density at radius 3 is 2.65 bits per heavy atom. The number of aryl methyl sites for hydroxylation is 2. The van der Waals surface area contributed by atoms with E-state index >= 15 is 0 Å². The second kappa shape index (κ2) is 10.8. The molecule has 0 atom stereocenters. The summed E-state index contributed by atoms with van der Waals surface area (Å²) in [5, 5.41) is 14.9. The highest BCUT2D eigenvalue weighted by Gasteiger charge is 2.15. The van der Waals surface area contributed by atoms with Gasteiger partial charge in [-0.15, -0.1) is 10.2 Å². The van der Waals surface area contributed by atoms with Gasteiger partial charge in [-0.1, -0.05) is 29.5 Å². The smallest absolute Gasteiger partial charge is 0.251 e. The first-order valence-electron chi connectivity index (χ1n) is 9.83. The van der Waals surface area contributed by atoms with Gasteiger partial charge in [0.05, 0.1) is 12.3 Å². The summed E-state index contributed by atoms with van der Waals surface area (Å²) in [4.78, 5) is 24.8. The lowest BCUT2D eigenvalue weighted by atomic mass is 10.1. The van der Waals surface area contributed by atoms with Crippen LogP contribution in [-0.4, -0.2) is 32.3 Å². The van der Waals surface area contributed by atoms with E-state index < -0.39 is 0 Å². The molecule has 2 N–H and O–H groups in total. The zero-order valence-corrected chi connectivity index (χ0v) is 20.6. The van der Waals surface area contributed by atoms with Gasteiger partial charge in [-0.2, -0.15) is 0 Å². The maximum absolute atomic E-state index is 12.4. The van der Waals surface area contributed by atoms with E-state index in [-0.39, 0.29) is 24.1 Å². The molecule has 9 heteroatoms. The van der Waals surface area contributed by atoms with Gasteiger partial charge in [0.1, 0.15) is 0 Å². The molecule has 3 aromatic rings. The molecule has 31 heavy (non-hydrogen) atoms. The summed E-state index contributed by atoms with van der Waals surface area (Å²) in [6, 6.07) is 13.3. The highest BCUT2D eigenvalue weighted by Crippen LogP contribution is 2.20. The molecular weight excluding hydrogens is 525 g/mol. The molecule has 2 amide bonds. The van der Waals surface area contributed by atoms with Crippen LogP contribution in [0.15, 0.2) is 47.6 Å². The van der Waals surface area contributed by atoms with E-state index in [1.165, 1.54) is 11.8 Å². The average molecular weight is 549 g/mol. The lowest BCUT2D eigenvalue weighted by Crippen LogP contribution is -2.25. The van der Waals surface area contributed by atoms with Crippen LogP contribution < -0.4 is 10.6 Å². The van der Waals surface area contributed by atoms with Crippen LogP contribution >= 0.6 is 34.4 Å². The summed E-state index contributed by atoms with van der Waals surface area (Å²) in [7, 11) is 0. The largest absolute Gasteiger partial charge is 0.345 e. The Balaban J connectivity index is 1.58. The molecule has 0 unspecified atom stereocenters. The van der Waals surface area contributed by atoms with Crippen molar-refractivity contribution in [2.45, 2.75) is 39.0 Å². The number of anilines is 1. The van der Waals surface area contributed by atoms with Gasteiger partial charge in [-0.05, 0) is 79.3 Å². The summed E-state index contributed by atoms with van der Waals surface area (Å²) in [5.41, 5.74) is 3.47. The second-order valence-electron chi connectivity index (χ2n) is 6.99. The summed E-state index contributed by atoms with van der Waals surface area (Å²) in [6.45, 7) is 6.80. The molecule has 0 spiro atoms. The zero-order valence-electron chi connectivity index (χ0n) is 17.6. The van der Waals surface area contributed by atoms with Gasteiger partial charge in [0, 0.05) is 21.4 Å². The Bertz CT molecular complexity index is 1100. The van der Waals surface area contributed by atoms with Gasteiger partial charge in [0.15, 0.2) is 11.0 Å². The predicted octanol–water partition coefficient (Wildman–Crippen LogP) is 4.18. The van der Waals surface area contributed by atoms with Crippen molar-refractivity contribution in [1.29, 1.82) is 0 Å². The van der Waals surface area contributed by atoms with Crippen LogP contribution in [0.1, 0.15) is 34.2 Å². The molecule has 3 rings (SSSR count). The van der Waals surface area contributed by atoms with Gasteiger partial charge >= 0.3 is 0 Å². The lowest BCUT2D eigenvalue weighted by Gasteiger charge is -2.10. The molecule has 0 radical (unpaired) electrons. The van der Waals surface area contributed by atoms with Crippen molar-refractivity contribution in [2.75, 3.05) is 11.1 Å². The summed E-state index contributed by atoms with van der Waals surface area (Å²) in [5.74, 6) is 0.615. The number of amides is 2. The van der Waals surface area contributed by atoms with Crippen LogP contribution in [0.4, 0.5) is 5.69 Å². The summed E-state index contributed by atoms with van der Waals surface area (Å²) in [6.07, 6.45) is 0. The molecular formula is C22H24IN5O2S. The standard InChI is InChI=1S/C22H24IN5O2S/c1-4-28-19(12-24-21(30)16-7-5-6-14(2)10-16)26-27-22(28)31-13-20(29)25-18-9-8-17(23)11-15(18)3/h5-11H,4,12-13H2,1-3H3,(H,24,30)(H,25,29). The number of hydrogen-bond acceptors (Lipinski definition) is 5. The van der Waals surface area contributed by atoms with Crippen LogP contribution in [0.3, 0.4) is 0 Å². The normalized spacial score (nSPS) is 10.7. The predicted molar refractivity (Wildman–Crippen MR) is 131 cm³/mol. The molecule has 0 aliphatic rings. The minimum absolute atomic E-state index is 0.103. The number of nitrogens with one attached hydrogen (secondary N) is 2. The Hall–Kier alpha value is -2.40. The topological polar surface area (TPSA) is 88.9 Å². The monoisotopic (exact) mass is 549 g/mol. The van der Waals surface area contributed by atoms with Gasteiger partial charge in [-0.25, -0.2) is 0 Å². The Morgan fingerprint density at radius 1 is 1.13 bits per heavy atom. The third kappa shape index (κ3) is 6.30. The molecule has 0 aliphatic carbocycles. The first-order valence-corrected chi connectivity index (χ1v) is 11.9. The summed E-state index contributed by atoms with van der Waals surface area (Å²) < 4.78 is 3.03. The molecule has 0 saturated heterocycles. The van der Waals surface area contributed by atoms with Crippen molar-refractivity contribution in [2.24, 2.45) is 0 Å². The van der Waals surface area contributed by atoms with E-state index in [1.54, 1.807) is 6.07 Å². The van der Waals surface area contributed by atoms with Crippen molar-refractivity contribution in [3.05, 3.63) is 68.5 Å². The van der Waals surface area contributed by atoms with E-state index in [0.29, 0.717) is 23.1 Å². The molecule has 0 bridgehead atoms. The Kier molecular flexibility index (Phi) is 8.08. The number of rotatable bonds is 8. The maximum atomic E-state index is 12.4. The van der Waals surface area contributed by atoms with E-state index in [1.807, 2.05) is 61.7 Å². The van der Waals surface area contributed by atoms with Crippen LogP contribution in [-0.2, 0) is 17.9 Å². The fourth-order valence-electron chi connectivity index (χ4n) is 3.01. The van der Waals surface area contributed by atoms with Crippen molar-refractivity contribution < 1.29 is 9.59 Å². The minimum atomic E-state index is -0.157. The number of hydrogen-bond donors (Lipinski definition) is 2. The van der Waals surface area contributed by atoms with Crippen LogP contribution in [0.25, 0.3) is 0 Å². The molecule has 2 aromatic carbocycles.